The Hall–Kier alpha value is -4.08. The van der Waals surface area contributed by atoms with Gasteiger partial charge in [0.1, 0.15) is 17.2 Å². The van der Waals surface area contributed by atoms with Crippen LogP contribution in [0.4, 0.5) is 0 Å². The number of aryl methyl sites for hydroxylation is 1. The molecule has 3 aromatic carbocycles. The molecule has 1 saturated carbocycles. The van der Waals surface area contributed by atoms with Crippen molar-refractivity contribution in [3.05, 3.63) is 89.5 Å². The van der Waals surface area contributed by atoms with Gasteiger partial charge in [0.2, 0.25) is 0 Å². The smallest absolute Gasteiger partial charge is 0.308 e. The zero-order valence-electron chi connectivity index (χ0n) is 26.2. The lowest BCUT2D eigenvalue weighted by atomic mass is 9.85. The van der Waals surface area contributed by atoms with E-state index in [4.69, 9.17) is 23.7 Å². The van der Waals surface area contributed by atoms with E-state index in [9.17, 15) is 14.7 Å². The molecule has 0 aromatic heterocycles. The molecule has 9 heteroatoms. The molecule has 3 unspecified atom stereocenters. The molecule has 1 aliphatic carbocycles. The molecular weight excluding hydrogens is 574 g/mol. The van der Waals surface area contributed by atoms with Crippen molar-refractivity contribution in [2.24, 2.45) is 5.92 Å². The van der Waals surface area contributed by atoms with E-state index < -0.39 is 6.29 Å². The Balaban J connectivity index is 1.22. The van der Waals surface area contributed by atoms with Crippen molar-refractivity contribution >= 4 is 11.9 Å². The summed E-state index contributed by atoms with van der Waals surface area (Å²) in [6.07, 6.45) is 5.10. The third-order valence-electron chi connectivity index (χ3n) is 7.91. The van der Waals surface area contributed by atoms with Gasteiger partial charge in [-0.3, -0.25) is 9.59 Å². The Labute approximate surface area is 265 Å². The average molecular weight is 620 g/mol. The van der Waals surface area contributed by atoms with Gasteiger partial charge in [-0.25, -0.2) is 0 Å². The first kappa shape index (κ1) is 33.8. The van der Waals surface area contributed by atoms with Crippen LogP contribution in [0.1, 0.15) is 72.7 Å². The number of nitrogens with one attached hydrogen (secondary N) is 1. The van der Waals surface area contributed by atoms with Crippen LogP contribution in [0.2, 0.25) is 0 Å². The quantitative estimate of drug-likeness (QED) is 0.107. The van der Waals surface area contributed by atoms with Crippen LogP contribution in [0.3, 0.4) is 0 Å². The third-order valence-corrected chi connectivity index (χ3v) is 7.91. The Morgan fingerprint density at radius 3 is 2.22 bits per heavy atom. The minimum Gasteiger partial charge on any atom is -0.494 e. The van der Waals surface area contributed by atoms with Gasteiger partial charge in [-0.05, 0) is 86.9 Å². The SMILES string of the molecule is COC(=O)C1CCCC(NC(=O)c2cc(C(O)OC)ccc2OCCCc2ccc(OCCCCOc3ccccc3)cc2)C1. The maximum Gasteiger partial charge on any atom is 0.308 e. The van der Waals surface area contributed by atoms with Gasteiger partial charge in [-0.2, -0.15) is 0 Å². The number of carbonyl (C=O) groups excluding carboxylic acids is 2. The van der Waals surface area contributed by atoms with Crippen molar-refractivity contribution in [3.63, 3.8) is 0 Å². The van der Waals surface area contributed by atoms with E-state index in [1.165, 1.54) is 14.2 Å². The molecule has 1 amide bonds. The van der Waals surface area contributed by atoms with Gasteiger partial charge in [0.05, 0.1) is 38.4 Å². The normalized spacial score (nSPS) is 16.8. The van der Waals surface area contributed by atoms with Crippen LogP contribution in [-0.2, 0) is 20.7 Å². The number of carbonyl (C=O) groups is 2. The van der Waals surface area contributed by atoms with Crippen molar-refractivity contribution in [1.82, 2.24) is 5.32 Å². The summed E-state index contributed by atoms with van der Waals surface area (Å²) >= 11 is 0. The topological polar surface area (TPSA) is 113 Å². The Kier molecular flexibility index (Phi) is 13.5. The largest absolute Gasteiger partial charge is 0.494 e. The van der Waals surface area contributed by atoms with Crippen LogP contribution in [-0.4, -0.2) is 57.1 Å². The molecule has 242 valence electrons. The van der Waals surface area contributed by atoms with Crippen LogP contribution in [0.25, 0.3) is 0 Å². The number of para-hydroxylation sites is 1. The molecule has 0 aliphatic heterocycles. The zero-order chi connectivity index (χ0) is 31.9. The number of hydrogen-bond acceptors (Lipinski definition) is 8. The molecule has 0 saturated heterocycles. The van der Waals surface area contributed by atoms with Gasteiger partial charge in [-0.1, -0.05) is 42.8 Å². The fraction of sp³-hybridized carbons (Fsp3) is 0.444. The summed E-state index contributed by atoms with van der Waals surface area (Å²) in [5, 5.41) is 13.2. The minimum absolute atomic E-state index is 0.153. The Morgan fingerprint density at radius 1 is 0.844 bits per heavy atom. The van der Waals surface area contributed by atoms with E-state index in [0.29, 0.717) is 43.1 Å². The zero-order valence-corrected chi connectivity index (χ0v) is 26.2. The van der Waals surface area contributed by atoms with Crippen molar-refractivity contribution in [3.8, 4) is 17.2 Å². The highest BCUT2D eigenvalue weighted by Crippen LogP contribution is 2.28. The molecule has 0 radical (unpaired) electrons. The standard InChI is InChI=1S/C36H45NO8/c1-41-35(39)27-11-8-12-29(24-27)37-34(38)32-25-28(36(40)42-2)17-20-33(32)45-23-9-10-26-15-18-31(19-16-26)44-22-7-6-21-43-30-13-4-3-5-14-30/h3-5,13-20,25,27,29,36,40H,6-12,21-24H2,1-2H3,(H,37,38). The number of hydrogen-bond donors (Lipinski definition) is 2. The summed E-state index contributed by atoms with van der Waals surface area (Å²) in [5.74, 6) is 1.37. The lowest BCUT2D eigenvalue weighted by molar-refractivity contribution is -0.146. The van der Waals surface area contributed by atoms with E-state index in [1.54, 1.807) is 18.2 Å². The summed E-state index contributed by atoms with van der Waals surface area (Å²) in [5.41, 5.74) is 1.93. The average Bonchev–Trinajstić information content (AvgIpc) is 3.08. The summed E-state index contributed by atoms with van der Waals surface area (Å²) < 4.78 is 27.6. The molecule has 9 nitrogen and oxygen atoms in total. The number of aliphatic hydroxyl groups excluding tert-OH is 1. The molecule has 1 fully saturated rings. The highest BCUT2D eigenvalue weighted by Gasteiger charge is 2.29. The maximum absolute atomic E-state index is 13.4. The van der Waals surface area contributed by atoms with Gasteiger partial charge >= 0.3 is 5.97 Å². The Morgan fingerprint density at radius 2 is 1.53 bits per heavy atom. The molecule has 2 N–H and O–H groups in total. The summed E-state index contributed by atoms with van der Waals surface area (Å²) in [4.78, 5) is 25.4. The highest BCUT2D eigenvalue weighted by molar-refractivity contribution is 5.97. The number of ether oxygens (including phenoxy) is 5. The molecule has 0 spiro atoms. The lowest BCUT2D eigenvalue weighted by Gasteiger charge is -2.28. The first-order valence-corrected chi connectivity index (χ1v) is 15.7. The number of benzene rings is 3. The molecule has 0 heterocycles. The second kappa shape index (κ2) is 18.0. The summed E-state index contributed by atoms with van der Waals surface area (Å²) in [7, 11) is 2.78. The van der Waals surface area contributed by atoms with Gasteiger partial charge in [-0.15, -0.1) is 0 Å². The second-order valence-corrected chi connectivity index (χ2v) is 11.2. The van der Waals surface area contributed by atoms with E-state index in [2.05, 4.69) is 17.4 Å². The first-order chi connectivity index (χ1) is 22.0. The van der Waals surface area contributed by atoms with Crippen LogP contribution in [0, 0.1) is 5.92 Å². The fourth-order valence-corrected chi connectivity index (χ4v) is 5.42. The predicted molar refractivity (Wildman–Crippen MR) is 171 cm³/mol. The predicted octanol–water partition coefficient (Wildman–Crippen LogP) is 6.04. The molecule has 0 bridgehead atoms. The van der Waals surface area contributed by atoms with E-state index in [1.807, 2.05) is 42.5 Å². The van der Waals surface area contributed by atoms with Crippen molar-refractivity contribution in [2.45, 2.75) is 63.7 Å². The van der Waals surface area contributed by atoms with Crippen LogP contribution >= 0.6 is 0 Å². The number of unbranched alkanes of at least 4 members (excludes halogenated alkanes) is 1. The van der Waals surface area contributed by atoms with Crippen LogP contribution in [0.15, 0.2) is 72.8 Å². The molecule has 45 heavy (non-hydrogen) atoms. The number of methoxy groups -OCH3 is 2. The highest BCUT2D eigenvalue weighted by atomic mass is 16.6. The second-order valence-electron chi connectivity index (χ2n) is 11.2. The maximum atomic E-state index is 13.4. The number of rotatable bonds is 17. The van der Waals surface area contributed by atoms with Crippen molar-refractivity contribution < 1.29 is 38.4 Å². The lowest BCUT2D eigenvalue weighted by Crippen LogP contribution is -2.40. The van der Waals surface area contributed by atoms with Gasteiger partial charge in [0.25, 0.3) is 5.91 Å². The number of aliphatic hydroxyl groups is 1. The molecule has 3 aromatic rings. The van der Waals surface area contributed by atoms with E-state index in [-0.39, 0.29) is 23.8 Å². The minimum atomic E-state index is -1.16. The van der Waals surface area contributed by atoms with E-state index in [0.717, 1.165) is 62.0 Å². The first-order valence-electron chi connectivity index (χ1n) is 15.7. The van der Waals surface area contributed by atoms with Crippen LogP contribution in [0.5, 0.6) is 17.2 Å². The van der Waals surface area contributed by atoms with Gasteiger partial charge in [0.15, 0.2) is 6.29 Å². The monoisotopic (exact) mass is 619 g/mol. The summed E-state index contributed by atoms with van der Waals surface area (Å²) in [6.45, 7) is 1.70. The molecule has 1 aliphatic rings. The Bertz CT molecular complexity index is 1330. The number of esters is 1. The third kappa shape index (κ3) is 10.8. The van der Waals surface area contributed by atoms with Gasteiger partial charge < -0.3 is 34.1 Å². The van der Waals surface area contributed by atoms with Crippen LogP contribution < -0.4 is 19.5 Å². The molecule has 4 rings (SSSR count). The van der Waals surface area contributed by atoms with Crippen molar-refractivity contribution in [2.75, 3.05) is 34.0 Å². The molecular formula is C36H45NO8. The van der Waals surface area contributed by atoms with E-state index >= 15 is 0 Å². The molecule has 3 atom stereocenters. The van der Waals surface area contributed by atoms with Crippen molar-refractivity contribution in [1.29, 1.82) is 0 Å². The van der Waals surface area contributed by atoms with Gasteiger partial charge in [0, 0.05) is 18.7 Å². The number of amides is 1. The fourth-order valence-electron chi connectivity index (χ4n) is 5.42. The summed E-state index contributed by atoms with van der Waals surface area (Å²) in [6, 6.07) is 22.7.